The van der Waals surface area contributed by atoms with Crippen molar-refractivity contribution in [3.8, 4) is 0 Å². The summed E-state index contributed by atoms with van der Waals surface area (Å²) in [6, 6.07) is 0. The summed E-state index contributed by atoms with van der Waals surface area (Å²) < 4.78 is 0. The maximum atomic E-state index is 9.53. The van der Waals surface area contributed by atoms with Crippen LogP contribution >= 0.6 is 0 Å². The zero-order valence-corrected chi connectivity index (χ0v) is 20.6. The van der Waals surface area contributed by atoms with E-state index < -0.39 is 6.29 Å². The molecule has 2 heteroatoms. The summed E-state index contributed by atoms with van der Waals surface area (Å²) in [5, 5.41) is 19.1. The molecule has 0 radical (unpaired) electrons. The Hall–Kier alpha value is -0.0800. The highest BCUT2D eigenvalue weighted by atomic mass is 16.5. The molecule has 4 aliphatic carbocycles. The topological polar surface area (TPSA) is 40.5 Å². The van der Waals surface area contributed by atoms with E-state index in [9.17, 15) is 10.2 Å². The van der Waals surface area contributed by atoms with E-state index in [0.717, 1.165) is 41.9 Å². The minimum Gasteiger partial charge on any atom is -0.368 e. The molecule has 0 saturated heterocycles. The standard InChI is InChI=1S/C28H50O2/c1-18(20(3)26(29)30)9-10-19(2)23-13-14-24-22-12-11-21-8-6-7-16-27(21,4)25(22)15-17-28(23,24)5/h18-26,29-30H,6-17H2,1-5H3/t18-,19+,20?,21?,22-,23+,24-,25-,27-,28+/m0/s1. The lowest BCUT2D eigenvalue weighted by Crippen LogP contribution is -2.53. The molecule has 4 rings (SSSR count). The van der Waals surface area contributed by atoms with Gasteiger partial charge in [-0.1, -0.05) is 60.3 Å². The maximum absolute atomic E-state index is 9.53. The molecule has 2 nitrogen and oxygen atoms in total. The third kappa shape index (κ3) is 3.81. The van der Waals surface area contributed by atoms with E-state index in [1.807, 2.05) is 6.92 Å². The second-order valence-corrected chi connectivity index (χ2v) is 12.9. The van der Waals surface area contributed by atoms with E-state index in [1.165, 1.54) is 70.6 Å². The molecule has 2 N–H and O–H groups in total. The highest BCUT2D eigenvalue weighted by molar-refractivity contribution is 5.09. The molecular formula is C28H50O2. The van der Waals surface area contributed by atoms with E-state index in [1.54, 1.807) is 0 Å². The van der Waals surface area contributed by atoms with Crippen LogP contribution in [0.3, 0.4) is 0 Å². The number of fused-ring (bicyclic) bond motifs is 5. The van der Waals surface area contributed by atoms with Crippen LogP contribution in [0, 0.1) is 58.2 Å². The molecule has 2 unspecified atom stereocenters. The van der Waals surface area contributed by atoms with Gasteiger partial charge in [-0.2, -0.15) is 0 Å². The van der Waals surface area contributed by atoms with Gasteiger partial charge < -0.3 is 10.2 Å². The fourth-order valence-electron chi connectivity index (χ4n) is 9.55. The monoisotopic (exact) mass is 418 g/mol. The zero-order valence-electron chi connectivity index (χ0n) is 20.6. The van der Waals surface area contributed by atoms with Crippen molar-refractivity contribution in [1.29, 1.82) is 0 Å². The zero-order chi connectivity index (χ0) is 21.7. The summed E-state index contributed by atoms with van der Waals surface area (Å²) in [4.78, 5) is 0. The predicted octanol–water partition coefficient (Wildman–Crippen LogP) is 7.03. The van der Waals surface area contributed by atoms with Crippen LogP contribution < -0.4 is 0 Å². The van der Waals surface area contributed by atoms with Crippen LogP contribution in [-0.2, 0) is 0 Å². The fraction of sp³-hybridized carbons (Fsp3) is 1.00. The number of hydrogen-bond acceptors (Lipinski definition) is 2. The van der Waals surface area contributed by atoms with Crippen LogP contribution in [0.2, 0.25) is 0 Å². The first-order valence-corrected chi connectivity index (χ1v) is 13.5. The van der Waals surface area contributed by atoms with Gasteiger partial charge in [-0.15, -0.1) is 0 Å². The Kier molecular flexibility index (Phi) is 6.69. The lowest BCUT2D eigenvalue weighted by molar-refractivity contribution is -0.115. The van der Waals surface area contributed by atoms with Gasteiger partial charge in [0.1, 0.15) is 0 Å². The molecule has 4 fully saturated rings. The molecular weight excluding hydrogens is 368 g/mol. The summed E-state index contributed by atoms with van der Waals surface area (Å²) in [5.41, 5.74) is 1.21. The van der Waals surface area contributed by atoms with Crippen molar-refractivity contribution in [2.24, 2.45) is 58.2 Å². The molecule has 0 bridgehead atoms. The van der Waals surface area contributed by atoms with Crippen molar-refractivity contribution in [2.75, 3.05) is 0 Å². The predicted molar refractivity (Wildman–Crippen MR) is 125 cm³/mol. The van der Waals surface area contributed by atoms with Crippen molar-refractivity contribution in [3.05, 3.63) is 0 Å². The average molecular weight is 419 g/mol. The fourth-order valence-corrected chi connectivity index (χ4v) is 9.55. The molecule has 0 aliphatic heterocycles. The highest BCUT2D eigenvalue weighted by Gasteiger charge is 2.60. The Morgan fingerprint density at radius 2 is 1.50 bits per heavy atom. The molecule has 0 aromatic carbocycles. The Morgan fingerprint density at radius 3 is 2.23 bits per heavy atom. The molecule has 30 heavy (non-hydrogen) atoms. The van der Waals surface area contributed by atoms with Gasteiger partial charge in [0.15, 0.2) is 6.29 Å². The molecule has 4 aliphatic rings. The molecule has 174 valence electrons. The van der Waals surface area contributed by atoms with E-state index in [0.29, 0.717) is 16.7 Å². The minimum absolute atomic E-state index is 0.0222. The molecule has 10 atom stereocenters. The van der Waals surface area contributed by atoms with Crippen LogP contribution in [-0.4, -0.2) is 16.5 Å². The summed E-state index contributed by atoms with van der Waals surface area (Å²) in [6.07, 6.45) is 16.1. The van der Waals surface area contributed by atoms with Crippen LogP contribution in [0.15, 0.2) is 0 Å². The van der Waals surface area contributed by atoms with Crippen molar-refractivity contribution in [2.45, 2.75) is 118 Å². The van der Waals surface area contributed by atoms with E-state index in [-0.39, 0.29) is 5.92 Å². The smallest absolute Gasteiger partial charge is 0.154 e. The van der Waals surface area contributed by atoms with Crippen LogP contribution in [0.5, 0.6) is 0 Å². The Morgan fingerprint density at radius 1 is 0.767 bits per heavy atom. The SMILES string of the molecule is CC(C(O)O)[C@@H](C)CC[C@@H](C)[C@H]1CC[C@H]2[C@@H]3CCC4CCCC[C@]4(C)[C@H]3CC[C@]12C. The van der Waals surface area contributed by atoms with Crippen LogP contribution in [0.4, 0.5) is 0 Å². The molecule has 0 aromatic rings. The summed E-state index contributed by atoms with van der Waals surface area (Å²) in [5.74, 6) is 6.02. The van der Waals surface area contributed by atoms with Gasteiger partial charge in [0.05, 0.1) is 0 Å². The van der Waals surface area contributed by atoms with Crippen molar-refractivity contribution in [3.63, 3.8) is 0 Å². The normalized spacial score (nSPS) is 46.6. The van der Waals surface area contributed by atoms with E-state index >= 15 is 0 Å². The van der Waals surface area contributed by atoms with Crippen LogP contribution in [0.25, 0.3) is 0 Å². The molecule has 0 amide bonds. The summed E-state index contributed by atoms with van der Waals surface area (Å²) in [7, 11) is 0. The van der Waals surface area contributed by atoms with Gasteiger partial charge >= 0.3 is 0 Å². The first-order chi connectivity index (χ1) is 14.2. The minimum atomic E-state index is -1.17. The van der Waals surface area contributed by atoms with Crippen LogP contribution in [0.1, 0.15) is 112 Å². The quantitative estimate of drug-likeness (QED) is 0.454. The molecule has 4 saturated carbocycles. The lowest BCUT2D eigenvalue weighted by Gasteiger charge is -2.61. The number of aliphatic hydroxyl groups excluding tert-OH is 1. The highest BCUT2D eigenvalue weighted by Crippen LogP contribution is 2.68. The van der Waals surface area contributed by atoms with E-state index in [2.05, 4.69) is 27.7 Å². The van der Waals surface area contributed by atoms with Crippen molar-refractivity contribution < 1.29 is 10.2 Å². The molecule has 0 aromatic heterocycles. The van der Waals surface area contributed by atoms with Gasteiger partial charge in [0, 0.05) is 5.92 Å². The molecule has 0 spiro atoms. The first-order valence-electron chi connectivity index (χ1n) is 13.5. The maximum Gasteiger partial charge on any atom is 0.154 e. The Labute approximate surface area is 186 Å². The molecule has 0 heterocycles. The summed E-state index contributed by atoms with van der Waals surface area (Å²) >= 11 is 0. The van der Waals surface area contributed by atoms with E-state index in [4.69, 9.17) is 0 Å². The van der Waals surface area contributed by atoms with Crippen molar-refractivity contribution >= 4 is 0 Å². The number of aliphatic hydroxyl groups is 2. The second kappa shape index (κ2) is 8.69. The largest absolute Gasteiger partial charge is 0.368 e. The lowest BCUT2D eigenvalue weighted by atomic mass is 9.44. The first kappa shape index (κ1) is 23.1. The van der Waals surface area contributed by atoms with Crippen molar-refractivity contribution in [1.82, 2.24) is 0 Å². The Balaban J connectivity index is 1.42. The van der Waals surface area contributed by atoms with Gasteiger partial charge in [-0.3, -0.25) is 0 Å². The third-order valence-corrected chi connectivity index (χ3v) is 11.8. The van der Waals surface area contributed by atoms with Gasteiger partial charge in [0.25, 0.3) is 0 Å². The average Bonchev–Trinajstić information content (AvgIpc) is 3.07. The van der Waals surface area contributed by atoms with Gasteiger partial charge in [-0.05, 0) is 104 Å². The summed E-state index contributed by atoms with van der Waals surface area (Å²) in [6.45, 7) is 12.1. The number of hydrogen-bond donors (Lipinski definition) is 2. The number of rotatable bonds is 6. The third-order valence-electron chi connectivity index (χ3n) is 11.8. The second-order valence-electron chi connectivity index (χ2n) is 12.9. The van der Waals surface area contributed by atoms with Gasteiger partial charge in [0.2, 0.25) is 0 Å². The Bertz CT molecular complexity index is 587. The van der Waals surface area contributed by atoms with Gasteiger partial charge in [-0.25, -0.2) is 0 Å².